The van der Waals surface area contributed by atoms with E-state index in [2.05, 4.69) is 59.0 Å². The zero-order chi connectivity index (χ0) is 14.7. The first-order chi connectivity index (χ1) is 9.56. The first kappa shape index (κ1) is 15.2. The molecule has 0 aliphatic carbocycles. The van der Waals surface area contributed by atoms with Gasteiger partial charge in [0.2, 0.25) is 11.7 Å². The molecule has 0 radical (unpaired) electrons. The molecule has 0 aliphatic heterocycles. The second-order valence-electron chi connectivity index (χ2n) is 5.10. The van der Waals surface area contributed by atoms with Crippen molar-refractivity contribution in [1.29, 1.82) is 0 Å². The fourth-order valence-corrected chi connectivity index (χ4v) is 2.51. The molecule has 0 bridgehead atoms. The lowest BCUT2D eigenvalue weighted by Crippen LogP contribution is -2.12. The summed E-state index contributed by atoms with van der Waals surface area (Å²) in [4.78, 5) is 4.51. The molecule has 0 aliphatic rings. The van der Waals surface area contributed by atoms with Gasteiger partial charge < -0.3 is 10.3 Å². The van der Waals surface area contributed by atoms with Crippen LogP contribution < -0.4 is 5.73 Å². The highest BCUT2D eigenvalue weighted by Crippen LogP contribution is 2.28. The molecule has 2 rings (SSSR count). The van der Waals surface area contributed by atoms with Crippen molar-refractivity contribution in [3.63, 3.8) is 0 Å². The van der Waals surface area contributed by atoms with Crippen molar-refractivity contribution in [2.75, 3.05) is 6.54 Å². The van der Waals surface area contributed by atoms with Gasteiger partial charge in [-0.3, -0.25) is 0 Å². The maximum atomic E-state index is 5.77. The minimum Gasteiger partial charge on any atom is -0.339 e. The molecule has 0 amide bonds. The van der Waals surface area contributed by atoms with Crippen molar-refractivity contribution in [2.24, 2.45) is 5.73 Å². The SMILES string of the molecule is CCCC(CN)c1nc(-c2cc(C)c(Br)c(C)c2)no1. The highest BCUT2D eigenvalue weighted by Gasteiger charge is 2.18. The summed E-state index contributed by atoms with van der Waals surface area (Å²) in [5.41, 5.74) is 9.07. The Balaban J connectivity index is 2.33. The number of aromatic nitrogens is 2. The number of halogens is 1. The van der Waals surface area contributed by atoms with Crippen molar-refractivity contribution < 1.29 is 4.52 Å². The van der Waals surface area contributed by atoms with Gasteiger partial charge in [-0.2, -0.15) is 4.98 Å². The van der Waals surface area contributed by atoms with Gasteiger partial charge in [0.15, 0.2) is 0 Å². The fourth-order valence-electron chi connectivity index (χ4n) is 2.28. The molecule has 5 heteroatoms. The molecule has 1 atom stereocenters. The van der Waals surface area contributed by atoms with Crippen LogP contribution in [0.4, 0.5) is 0 Å². The summed E-state index contributed by atoms with van der Waals surface area (Å²) in [7, 11) is 0. The number of rotatable bonds is 5. The van der Waals surface area contributed by atoms with Crippen LogP contribution in [0, 0.1) is 13.8 Å². The van der Waals surface area contributed by atoms with E-state index in [1.807, 2.05) is 0 Å². The highest BCUT2D eigenvalue weighted by molar-refractivity contribution is 9.10. The summed E-state index contributed by atoms with van der Waals surface area (Å²) in [6.45, 7) is 6.78. The summed E-state index contributed by atoms with van der Waals surface area (Å²) >= 11 is 3.57. The van der Waals surface area contributed by atoms with Crippen LogP contribution in [0.15, 0.2) is 21.1 Å². The Bertz CT molecular complexity index is 572. The zero-order valence-corrected chi connectivity index (χ0v) is 13.7. The predicted molar refractivity (Wildman–Crippen MR) is 83.6 cm³/mol. The van der Waals surface area contributed by atoms with Crippen molar-refractivity contribution >= 4 is 15.9 Å². The van der Waals surface area contributed by atoms with Gasteiger partial charge in [-0.05, 0) is 43.5 Å². The van der Waals surface area contributed by atoms with Gasteiger partial charge in [-0.25, -0.2) is 0 Å². The van der Waals surface area contributed by atoms with Crippen molar-refractivity contribution in [2.45, 2.75) is 39.5 Å². The molecule has 0 fully saturated rings. The summed E-state index contributed by atoms with van der Waals surface area (Å²) < 4.78 is 6.50. The molecule has 1 unspecified atom stereocenters. The summed E-state index contributed by atoms with van der Waals surface area (Å²) in [6, 6.07) is 4.12. The molecule has 2 N–H and O–H groups in total. The van der Waals surface area contributed by atoms with E-state index in [9.17, 15) is 0 Å². The van der Waals surface area contributed by atoms with Crippen molar-refractivity contribution in [3.8, 4) is 11.4 Å². The summed E-state index contributed by atoms with van der Waals surface area (Å²) in [5, 5.41) is 4.09. The smallest absolute Gasteiger partial charge is 0.231 e. The third-order valence-corrected chi connectivity index (χ3v) is 4.66. The minimum absolute atomic E-state index is 0.152. The van der Waals surface area contributed by atoms with Crippen LogP contribution in [-0.4, -0.2) is 16.7 Å². The molecule has 0 spiro atoms. The molecule has 0 saturated heterocycles. The topological polar surface area (TPSA) is 64.9 Å². The van der Waals surface area contributed by atoms with Gasteiger partial charge in [0.05, 0.1) is 5.92 Å². The molecule has 1 aromatic carbocycles. The van der Waals surface area contributed by atoms with Crippen molar-refractivity contribution in [3.05, 3.63) is 33.6 Å². The maximum Gasteiger partial charge on any atom is 0.231 e. The largest absolute Gasteiger partial charge is 0.339 e. The Kier molecular flexibility index (Phi) is 4.94. The average Bonchev–Trinajstić information content (AvgIpc) is 2.91. The average molecular weight is 338 g/mol. The molecule has 4 nitrogen and oxygen atoms in total. The number of nitrogens with two attached hydrogens (primary N) is 1. The second-order valence-corrected chi connectivity index (χ2v) is 5.89. The highest BCUT2D eigenvalue weighted by atomic mass is 79.9. The number of hydrogen-bond acceptors (Lipinski definition) is 4. The quantitative estimate of drug-likeness (QED) is 0.896. The Morgan fingerprint density at radius 1 is 1.30 bits per heavy atom. The number of nitrogens with zero attached hydrogens (tertiary/aromatic N) is 2. The molecular formula is C15H20BrN3O. The van der Waals surface area contributed by atoms with Crippen LogP contribution in [0.1, 0.15) is 42.7 Å². The van der Waals surface area contributed by atoms with Crippen molar-refractivity contribution in [1.82, 2.24) is 10.1 Å². The van der Waals surface area contributed by atoms with E-state index in [1.54, 1.807) is 0 Å². The maximum absolute atomic E-state index is 5.77. The van der Waals surface area contributed by atoms with Crippen LogP contribution in [0.2, 0.25) is 0 Å². The second kappa shape index (κ2) is 6.50. The molecule has 0 saturated carbocycles. The summed E-state index contributed by atoms with van der Waals surface area (Å²) in [6.07, 6.45) is 2.02. The van der Waals surface area contributed by atoms with Crippen LogP contribution in [0.5, 0.6) is 0 Å². The van der Waals surface area contributed by atoms with E-state index in [-0.39, 0.29) is 5.92 Å². The lowest BCUT2D eigenvalue weighted by Gasteiger charge is -2.07. The van der Waals surface area contributed by atoms with Gasteiger partial charge in [-0.15, -0.1) is 0 Å². The van der Waals surface area contributed by atoms with E-state index in [0.29, 0.717) is 18.3 Å². The normalized spacial score (nSPS) is 12.7. The number of aryl methyl sites for hydroxylation is 2. The lowest BCUT2D eigenvalue weighted by atomic mass is 10.0. The summed E-state index contributed by atoms with van der Waals surface area (Å²) in [5.74, 6) is 1.43. The molecular weight excluding hydrogens is 318 g/mol. The number of hydrogen-bond donors (Lipinski definition) is 1. The van der Waals surface area contributed by atoms with Crippen LogP contribution in [0.3, 0.4) is 0 Å². The first-order valence-electron chi connectivity index (χ1n) is 6.87. The lowest BCUT2D eigenvalue weighted by molar-refractivity contribution is 0.347. The zero-order valence-electron chi connectivity index (χ0n) is 12.1. The standard InChI is InChI=1S/C15H20BrN3O/c1-4-5-11(8-17)15-18-14(19-20-15)12-6-9(2)13(16)10(3)7-12/h6-7,11H,4-5,8,17H2,1-3H3. The van der Waals surface area contributed by atoms with Crippen LogP contribution in [0.25, 0.3) is 11.4 Å². The van der Waals surface area contributed by atoms with E-state index < -0.39 is 0 Å². The van der Waals surface area contributed by atoms with E-state index in [0.717, 1.165) is 34.0 Å². The van der Waals surface area contributed by atoms with E-state index in [1.165, 1.54) is 0 Å². The third kappa shape index (κ3) is 3.10. The van der Waals surface area contributed by atoms with Gasteiger partial charge in [0.25, 0.3) is 0 Å². The van der Waals surface area contributed by atoms with Crippen LogP contribution in [-0.2, 0) is 0 Å². The third-order valence-electron chi connectivity index (χ3n) is 3.41. The van der Waals surface area contributed by atoms with Gasteiger partial charge in [0, 0.05) is 16.6 Å². The molecule has 1 aromatic heterocycles. The number of benzene rings is 1. The van der Waals surface area contributed by atoms with E-state index in [4.69, 9.17) is 10.3 Å². The monoisotopic (exact) mass is 337 g/mol. The minimum atomic E-state index is 0.152. The molecule has 1 heterocycles. The van der Waals surface area contributed by atoms with Gasteiger partial charge >= 0.3 is 0 Å². The van der Waals surface area contributed by atoms with Gasteiger partial charge in [0.1, 0.15) is 0 Å². The Labute approximate surface area is 127 Å². The van der Waals surface area contributed by atoms with Crippen LogP contribution >= 0.6 is 15.9 Å². The predicted octanol–water partition coefficient (Wildman–Crippen LogP) is 3.96. The Hall–Kier alpha value is -1.20. The molecule has 108 valence electrons. The van der Waals surface area contributed by atoms with E-state index >= 15 is 0 Å². The molecule has 20 heavy (non-hydrogen) atoms. The molecule has 2 aromatic rings. The fraction of sp³-hybridized carbons (Fsp3) is 0.467. The Morgan fingerprint density at radius 2 is 1.95 bits per heavy atom. The Morgan fingerprint density at radius 3 is 2.50 bits per heavy atom. The first-order valence-corrected chi connectivity index (χ1v) is 7.66. The van der Waals surface area contributed by atoms with Gasteiger partial charge in [-0.1, -0.05) is 34.4 Å².